The summed E-state index contributed by atoms with van der Waals surface area (Å²) >= 11 is 3.79. The highest BCUT2D eigenvalue weighted by Gasteiger charge is 2.49. The third-order valence-electron chi connectivity index (χ3n) is 27.2. The van der Waals surface area contributed by atoms with Crippen LogP contribution < -0.4 is 9.80 Å². The molecule has 2 aromatic heterocycles. The van der Waals surface area contributed by atoms with Crippen LogP contribution in [0.2, 0.25) is 0 Å². The lowest BCUT2D eigenvalue weighted by molar-refractivity contribution is 0.768. The summed E-state index contributed by atoms with van der Waals surface area (Å²) in [5.41, 5.74) is 34.5. The SMILES string of the molecule is c1ccc(C2(c3ccccc3)c3ccccc3-c3c(N(c4ccc(-c5ccc(-c6ccc7ccc(-c8cccc9c8sc8c(-c%10ccccc%10N(c%10ccc(-c%11ccc%12ccccc%12c%11)cc%10)c%10cccc%11c%10-c%10ccccc%10C%11(c%10ccccc%10)c%10ccccc%10)cccc89)cc7c6)cc5)cc4)c4ccccc4-c4cccc5c4sc4ccccc45)cccc32)cc1. The fourth-order valence-electron chi connectivity index (χ4n) is 21.6. The molecule has 128 heavy (non-hydrogen) atoms. The fraction of sp³-hybridized carbons (Fsp3) is 0.0161. The van der Waals surface area contributed by atoms with Gasteiger partial charge in [0.05, 0.1) is 33.6 Å². The topological polar surface area (TPSA) is 6.48 Å². The Kier molecular flexibility index (Phi) is 17.8. The number of benzene rings is 21. The number of para-hydroxylation sites is 2. The first-order valence-corrected chi connectivity index (χ1v) is 45.8. The van der Waals surface area contributed by atoms with E-state index in [9.17, 15) is 0 Å². The molecule has 0 saturated carbocycles. The van der Waals surface area contributed by atoms with Gasteiger partial charge in [0.2, 0.25) is 0 Å². The van der Waals surface area contributed by atoms with Crippen molar-refractivity contribution in [1.29, 1.82) is 0 Å². The molecule has 2 nitrogen and oxygen atoms in total. The summed E-state index contributed by atoms with van der Waals surface area (Å²) in [4.78, 5) is 5.09. The molecule has 23 aromatic rings. The lowest BCUT2D eigenvalue weighted by Crippen LogP contribution is -2.28. The molecule has 2 aliphatic rings. The van der Waals surface area contributed by atoms with Crippen molar-refractivity contribution >= 4 is 119 Å². The molecule has 21 aromatic carbocycles. The number of fused-ring (bicyclic) bond motifs is 14. The Hall–Kier alpha value is -15.8. The van der Waals surface area contributed by atoms with E-state index >= 15 is 0 Å². The highest BCUT2D eigenvalue weighted by Crippen LogP contribution is 2.63. The molecule has 0 amide bonds. The zero-order valence-corrected chi connectivity index (χ0v) is 71.5. The summed E-state index contributed by atoms with van der Waals surface area (Å²) in [5, 5.41) is 9.92. The van der Waals surface area contributed by atoms with Crippen LogP contribution in [0.25, 0.3) is 151 Å². The fourth-order valence-corrected chi connectivity index (χ4v) is 24.2. The van der Waals surface area contributed by atoms with Gasteiger partial charge in [0.1, 0.15) is 0 Å². The largest absolute Gasteiger partial charge is 0.309 e. The summed E-state index contributed by atoms with van der Waals surface area (Å²) in [6.45, 7) is 0. The van der Waals surface area contributed by atoms with Gasteiger partial charge in [-0.2, -0.15) is 0 Å². The minimum absolute atomic E-state index is 0.575. The number of nitrogens with zero attached hydrogens (tertiary/aromatic N) is 2. The summed E-state index contributed by atoms with van der Waals surface area (Å²) in [6, 6.07) is 182. The third-order valence-corrected chi connectivity index (χ3v) is 29.7. The van der Waals surface area contributed by atoms with Crippen molar-refractivity contribution in [1.82, 2.24) is 0 Å². The maximum absolute atomic E-state index is 2.55. The molecule has 0 N–H and O–H groups in total. The first kappa shape index (κ1) is 74.8. The molecule has 0 unspecified atom stereocenters. The normalized spacial score (nSPS) is 12.8. The van der Waals surface area contributed by atoms with Crippen LogP contribution in [-0.4, -0.2) is 0 Å². The molecule has 0 fully saturated rings. The Labute approximate surface area is 752 Å². The first-order chi connectivity index (χ1) is 63.5. The number of hydrogen-bond donors (Lipinski definition) is 0. The van der Waals surface area contributed by atoms with E-state index in [1.165, 1.54) is 179 Å². The zero-order chi connectivity index (χ0) is 84.4. The molecule has 0 atom stereocenters. The van der Waals surface area contributed by atoms with E-state index in [1.807, 2.05) is 22.7 Å². The Morgan fingerprint density at radius 2 is 0.477 bits per heavy atom. The molecule has 2 heterocycles. The number of thiophene rings is 2. The molecule has 598 valence electrons. The third kappa shape index (κ3) is 11.8. The summed E-state index contributed by atoms with van der Waals surface area (Å²) in [6.07, 6.45) is 0. The maximum Gasteiger partial charge on any atom is 0.0714 e. The van der Waals surface area contributed by atoms with Crippen LogP contribution in [-0.2, 0) is 10.8 Å². The van der Waals surface area contributed by atoms with E-state index in [0.29, 0.717) is 0 Å². The van der Waals surface area contributed by atoms with E-state index in [-0.39, 0.29) is 0 Å². The molecular formula is C124H80N2S2. The van der Waals surface area contributed by atoms with Crippen molar-refractivity contribution < 1.29 is 0 Å². The Morgan fingerprint density at radius 3 is 0.969 bits per heavy atom. The van der Waals surface area contributed by atoms with Crippen molar-refractivity contribution in [2.45, 2.75) is 10.8 Å². The standard InChI is InChI=1S/C124H80N2S2/c1-5-32-92(33-6-1)123(93-34-7-2-8-35-93)109-51-20-15-43-107(109)118-111(123)53-28-57-115(118)125(113-55-22-17-40-99(113)102-46-26-48-104-101-42-19-24-59-117(101)127-121(102)104)96-74-70-83(71-75-96)82-60-62-84(63-61-82)89-68-65-86-66-69-90(80-91(86)79-89)98-45-25-49-105-106-50-27-47-103(122(106)128-120(98)105)100-41-18-23-56-114(100)126(97-76-72-85(73-77-97)88-67-64-81-30-13-14-31-87(81)78-88)116-58-29-54-112-119(116)108-44-16-21-52-110(108)124(112,94-36-9-3-10-37-94)95-38-11-4-12-39-95/h1-80H. The minimum Gasteiger partial charge on any atom is -0.309 e. The van der Waals surface area contributed by atoms with E-state index in [1.54, 1.807) is 0 Å². The van der Waals surface area contributed by atoms with Gasteiger partial charge in [0.25, 0.3) is 0 Å². The molecule has 0 saturated heterocycles. The van der Waals surface area contributed by atoms with E-state index in [2.05, 4.69) is 495 Å². The van der Waals surface area contributed by atoms with Crippen molar-refractivity contribution in [2.24, 2.45) is 0 Å². The second-order valence-corrected chi connectivity index (χ2v) is 36.0. The molecular weight excluding hydrogens is 1580 g/mol. The average Bonchev–Trinajstić information content (AvgIpc) is 1.53. The van der Waals surface area contributed by atoms with Crippen LogP contribution in [0.15, 0.2) is 485 Å². The van der Waals surface area contributed by atoms with Crippen molar-refractivity contribution in [2.75, 3.05) is 9.80 Å². The van der Waals surface area contributed by atoms with Crippen LogP contribution in [0.5, 0.6) is 0 Å². The molecule has 4 heteroatoms. The van der Waals surface area contributed by atoms with Crippen LogP contribution >= 0.6 is 22.7 Å². The first-order valence-electron chi connectivity index (χ1n) is 44.2. The van der Waals surface area contributed by atoms with Crippen molar-refractivity contribution in [3.63, 3.8) is 0 Å². The maximum atomic E-state index is 2.55. The second-order valence-electron chi connectivity index (χ2n) is 33.9. The van der Waals surface area contributed by atoms with Crippen LogP contribution in [0.1, 0.15) is 44.5 Å². The molecule has 0 spiro atoms. The second kappa shape index (κ2) is 30.6. The van der Waals surface area contributed by atoms with Gasteiger partial charge in [0.15, 0.2) is 0 Å². The van der Waals surface area contributed by atoms with Crippen molar-refractivity contribution in [3.8, 4) is 89.0 Å². The quantitative estimate of drug-likeness (QED) is 0.0951. The Balaban J connectivity index is 0.571. The number of hydrogen-bond acceptors (Lipinski definition) is 4. The number of anilines is 6. The monoisotopic (exact) mass is 1660 g/mol. The molecule has 0 bridgehead atoms. The predicted molar refractivity (Wildman–Crippen MR) is 544 cm³/mol. The van der Waals surface area contributed by atoms with Crippen LogP contribution in [0.3, 0.4) is 0 Å². The lowest BCUT2D eigenvalue weighted by Gasteiger charge is -2.34. The predicted octanol–water partition coefficient (Wildman–Crippen LogP) is 34.4. The van der Waals surface area contributed by atoms with Gasteiger partial charge in [-0.3, -0.25) is 0 Å². The van der Waals surface area contributed by atoms with Gasteiger partial charge < -0.3 is 9.80 Å². The minimum atomic E-state index is -0.586. The van der Waals surface area contributed by atoms with Gasteiger partial charge >= 0.3 is 0 Å². The summed E-state index contributed by atoms with van der Waals surface area (Å²) in [7, 11) is 0. The number of rotatable bonds is 16. The highest BCUT2D eigenvalue weighted by atomic mass is 32.1. The molecule has 0 aliphatic heterocycles. The smallest absolute Gasteiger partial charge is 0.0714 e. The summed E-state index contributed by atoms with van der Waals surface area (Å²) in [5.74, 6) is 0. The van der Waals surface area contributed by atoms with Crippen LogP contribution in [0, 0.1) is 0 Å². The molecule has 2 aliphatic carbocycles. The Bertz CT molecular complexity index is 8220. The summed E-state index contributed by atoms with van der Waals surface area (Å²) < 4.78 is 5.10. The lowest BCUT2D eigenvalue weighted by atomic mass is 9.68. The Morgan fingerprint density at radius 1 is 0.172 bits per heavy atom. The average molecular weight is 1660 g/mol. The van der Waals surface area contributed by atoms with Gasteiger partial charge in [-0.05, 0) is 194 Å². The highest BCUT2D eigenvalue weighted by molar-refractivity contribution is 7.27. The van der Waals surface area contributed by atoms with E-state index in [0.717, 1.165) is 50.8 Å². The zero-order valence-electron chi connectivity index (χ0n) is 69.9. The van der Waals surface area contributed by atoms with E-state index in [4.69, 9.17) is 0 Å². The van der Waals surface area contributed by atoms with Gasteiger partial charge in [-0.25, -0.2) is 0 Å². The van der Waals surface area contributed by atoms with Gasteiger partial charge in [-0.1, -0.05) is 413 Å². The van der Waals surface area contributed by atoms with Gasteiger partial charge in [-0.15, -0.1) is 22.7 Å². The molecule has 0 radical (unpaired) electrons. The van der Waals surface area contributed by atoms with Crippen LogP contribution in [0.4, 0.5) is 34.1 Å². The van der Waals surface area contributed by atoms with Gasteiger partial charge in [0, 0.05) is 85.1 Å². The van der Waals surface area contributed by atoms with Crippen molar-refractivity contribution in [3.05, 3.63) is 530 Å². The molecule has 25 rings (SSSR count). The van der Waals surface area contributed by atoms with E-state index < -0.39 is 10.8 Å².